The number of hydrogen-bond acceptors (Lipinski definition) is 6. The van der Waals surface area contributed by atoms with Gasteiger partial charge in [0.2, 0.25) is 0 Å². The summed E-state index contributed by atoms with van der Waals surface area (Å²) in [4.78, 5) is 5.13. The van der Waals surface area contributed by atoms with Crippen molar-refractivity contribution in [3.63, 3.8) is 0 Å². The zero-order chi connectivity index (χ0) is 27.9. The van der Waals surface area contributed by atoms with Crippen LogP contribution in [0.2, 0.25) is 0 Å². The smallest absolute Gasteiger partial charge is 0.0344 e. The van der Waals surface area contributed by atoms with Crippen LogP contribution in [0, 0.1) is 0 Å². The molecule has 0 amide bonds. The van der Waals surface area contributed by atoms with Gasteiger partial charge in [-0.25, -0.2) is 0 Å². The summed E-state index contributed by atoms with van der Waals surface area (Å²) in [6.45, 7) is 14.5. The van der Waals surface area contributed by atoms with Crippen LogP contribution in [0.25, 0.3) is 0 Å². The van der Waals surface area contributed by atoms with E-state index in [9.17, 15) is 0 Å². The first-order valence-electron chi connectivity index (χ1n) is 14.4. The minimum Gasteiger partial charge on any atom is -0.388 e. The molecule has 0 spiro atoms. The van der Waals surface area contributed by atoms with Crippen LogP contribution in [0.1, 0.15) is 61.1 Å². The highest BCUT2D eigenvalue weighted by Gasteiger charge is 2.17. The summed E-state index contributed by atoms with van der Waals surface area (Å²) in [5, 5.41) is 13.9. The molecule has 210 valence electrons. The van der Waals surface area contributed by atoms with E-state index in [1.54, 1.807) is 0 Å². The summed E-state index contributed by atoms with van der Waals surface area (Å²) in [6, 6.07) is 21.7. The molecule has 3 aromatic carbocycles. The Bertz CT molecular complexity index is 1150. The van der Waals surface area contributed by atoms with E-state index in [4.69, 9.17) is 0 Å². The average Bonchev–Trinajstić information content (AvgIpc) is 2.91. The summed E-state index contributed by atoms with van der Waals surface area (Å²) in [5.41, 5.74) is 11.5. The van der Waals surface area contributed by atoms with Gasteiger partial charge < -0.3 is 21.3 Å². The summed E-state index contributed by atoms with van der Waals surface area (Å²) in [6.07, 6.45) is 0. The lowest BCUT2D eigenvalue weighted by molar-refractivity contribution is 0.200. The number of nitrogens with zero attached hydrogens (tertiary/aromatic N) is 2. The fourth-order valence-electron chi connectivity index (χ4n) is 5.42. The van der Waals surface area contributed by atoms with Crippen molar-refractivity contribution in [2.24, 2.45) is 0 Å². The number of rotatable bonds is 5. The summed E-state index contributed by atoms with van der Waals surface area (Å²) >= 11 is 0. The van der Waals surface area contributed by atoms with Crippen LogP contribution in [0.4, 0.5) is 17.1 Å². The van der Waals surface area contributed by atoms with Crippen molar-refractivity contribution in [3.05, 3.63) is 88.0 Å². The molecular weight excluding hydrogens is 480 g/mol. The van der Waals surface area contributed by atoms with E-state index in [1.807, 2.05) is 21.1 Å². The van der Waals surface area contributed by atoms with E-state index >= 15 is 0 Å². The molecule has 4 rings (SSSR count). The summed E-state index contributed by atoms with van der Waals surface area (Å²) in [5.74, 6) is 0. The third-order valence-corrected chi connectivity index (χ3v) is 7.69. The molecule has 0 unspecified atom stereocenters. The normalized spacial score (nSPS) is 15.6. The van der Waals surface area contributed by atoms with Crippen LogP contribution in [0.5, 0.6) is 0 Å². The fourth-order valence-corrected chi connectivity index (χ4v) is 5.42. The van der Waals surface area contributed by atoms with Crippen molar-refractivity contribution in [3.8, 4) is 0 Å². The molecule has 0 saturated heterocycles. The Morgan fingerprint density at radius 3 is 1.05 bits per heavy atom. The lowest BCUT2D eigenvalue weighted by Gasteiger charge is -2.29. The third-order valence-electron chi connectivity index (χ3n) is 7.69. The molecule has 0 fully saturated rings. The van der Waals surface area contributed by atoms with Crippen LogP contribution >= 0.6 is 0 Å². The molecule has 6 heteroatoms. The molecule has 0 atom stereocenters. The van der Waals surface area contributed by atoms with Gasteiger partial charge in [0.1, 0.15) is 0 Å². The van der Waals surface area contributed by atoms with Crippen LogP contribution in [0.15, 0.2) is 54.6 Å². The minimum absolute atomic E-state index is 0.427. The van der Waals surface area contributed by atoms with Gasteiger partial charge in [0.15, 0.2) is 0 Å². The molecule has 0 saturated carbocycles. The molecule has 0 aromatic heterocycles. The number of hydrogen-bond donors (Lipinski definition) is 4. The van der Waals surface area contributed by atoms with Crippen molar-refractivity contribution in [1.29, 1.82) is 0 Å². The van der Waals surface area contributed by atoms with E-state index in [0.717, 1.165) is 50.6 Å². The van der Waals surface area contributed by atoms with Crippen LogP contribution in [-0.2, 0) is 39.3 Å². The molecule has 6 nitrogen and oxygen atoms in total. The second-order valence-corrected chi connectivity index (χ2v) is 11.5. The van der Waals surface area contributed by atoms with Gasteiger partial charge in [-0.3, -0.25) is 9.80 Å². The van der Waals surface area contributed by atoms with Crippen LogP contribution in [-0.4, -0.2) is 43.0 Å². The highest BCUT2D eigenvalue weighted by atomic mass is 15.1. The second-order valence-electron chi connectivity index (χ2n) is 11.5. The monoisotopic (exact) mass is 528 g/mol. The van der Waals surface area contributed by atoms with Crippen LogP contribution in [0.3, 0.4) is 0 Å². The predicted molar refractivity (Wildman–Crippen MR) is 167 cm³/mol. The van der Waals surface area contributed by atoms with E-state index in [0.29, 0.717) is 12.1 Å². The van der Waals surface area contributed by atoms with Crippen LogP contribution < -0.4 is 21.3 Å². The molecule has 4 N–H and O–H groups in total. The maximum Gasteiger partial charge on any atom is 0.0344 e. The standard InChI is InChI=1S/C33H48N6/c1-23(2)38-19-27-8-25(11-31(13-27)34-5)17-37-18-26-9-28(14-32(12-26)35-6)20-39(24(3)4)22-30-10-29(21-38)15-33(16-30)36-7/h8-16,23-24,34-37H,17-22H2,1-7H3. The van der Waals surface area contributed by atoms with Gasteiger partial charge in [0, 0.05) is 89.6 Å². The van der Waals surface area contributed by atoms with Gasteiger partial charge in [-0.15, -0.1) is 0 Å². The lowest BCUT2D eigenvalue weighted by Crippen LogP contribution is -2.31. The number of fused-ring (bicyclic) bond motifs is 6. The third kappa shape index (κ3) is 7.98. The summed E-state index contributed by atoms with van der Waals surface area (Å²) in [7, 11) is 6.03. The molecule has 1 aliphatic heterocycles. The van der Waals surface area contributed by atoms with Gasteiger partial charge in [0.25, 0.3) is 0 Å². The Morgan fingerprint density at radius 2 is 0.769 bits per heavy atom. The zero-order valence-electron chi connectivity index (χ0n) is 25.0. The molecule has 6 bridgehead atoms. The van der Waals surface area contributed by atoms with Gasteiger partial charge in [-0.1, -0.05) is 18.2 Å². The topological polar surface area (TPSA) is 54.6 Å². The molecule has 39 heavy (non-hydrogen) atoms. The lowest BCUT2D eigenvalue weighted by atomic mass is 10.0. The first-order valence-corrected chi connectivity index (χ1v) is 14.4. The molecule has 1 aliphatic rings. The van der Waals surface area contributed by atoms with Gasteiger partial charge in [0.05, 0.1) is 0 Å². The SMILES string of the molecule is CNc1cc2cc(c1)CN(C(C)C)Cc1cc(cc(NC)c1)CN(C(C)C)Cc1cc(cc(NC)c1)CNC2. The Morgan fingerprint density at radius 1 is 0.487 bits per heavy atom. The number of nitrogens with one attached hydrogen (secondary N) is 4. The molecule has 1 heterocycles. The molecular formula is C33H48N6. The highest BCUT2D eigenvalue weighted by Crippen LogP contribution is 2.24. The van der Waals surface area contributed by atoms with E-state index in [-0.39, 0.29) is 0 Å². The van der Waals surface area contributed by atoms with Gasteiger partial charge in [-0.2, -0.15) is 0 Å². The van der Waals surface area contributed by atoms with E-state index < -0.39 is 0 Å². The molecule has 0 radical (unpaired) electrons. The Kier molecular flexibility index (Phi) is 9.89. The largest absolute Gasteiger partial charge is 0.388 e. The maximum atomic E-state index is 3.71. The minimum atomic E-state index is 0.427. The number of anilines is 3. The molecule has 3 aromatic rings. The second kappa shape index (κ2) is 13.3. The molecule has 0 aliphatic carbocycles. The highest BCUT2D eigenvalue weighted by molar-refractivity contribution is 5.51. The van der Waals surface area contributed by atoms with Gasteiger partial charge >= 0.3 is 0 Å². The van der Waals surface area contributed by atoms with Crippen molar-refractivity contribution >= 4 is 17.1 Å². The first-order chi connectivity index (χ1) is 18.8. The van der Waals surface area contributed by atoms with E-state index in [2.05, 4.69) is 113 Å². The Hall–Kier alpha value is -3.06. The van der Waals surface area contributed by atoms with Crippen molar-refractivity contribution in [2.75, 3.05) is 37.1 Å². The number of benzene rings is 3. The predicted octanol–water partition coefficient (Wildman–Crippen LogP) is 6.24. The quantitative estimate of drug-likeness (QED) is 0.315. The van der Waals surface area contributed by atoms with E-state index in [1.165, 1.54) is 39.1 Å². The maximum absolute atomic E-state index is 3.71. The Balaban J connectivity index is 1.77. The van der Waals surface area contributed by atoms with Crippen molar-refractivity contribution in [2.45, 2.75) is 79.0 Å². The Labute approximate surface area is 236 Å². The zero-order valence-corrected chi connectivity index (χ0v) is 25.0. The average molecular weight is 529 g/mol. The fraction of sp³-hybridized carbons (Fsp3) is 0.455. The van der Waals surface area contributed by atoms with Crippen molar-refractivity contribution < 1.29 is 0 Å². The summed E-state index contributed by atoms with van der Waals surface area (Å²) < 4.78 is 0. The first kappa shape index (κ1) is 28.9. The van der Waals surface area contributed by atoms with Gasteiger partial charge in [-0.05, 0) is 97.5 Å². The van der Waals surface area contributed by atoms with Crippen molar-refractivity contribution in [1.82, 2.24) is 15.1 Å².